The Hall–Kier alpha value is -2.93. The zero-order chi connectivity index (χ0) is 20.3. The normalized spacial score (nSPS) is 10.6. The number of nitrogens with zero attached hydrogens (tertiary/aromatic N) is 2. The highest BCUT2D eigenvalue weighted by atomic mass is 79.9. The molecule has 144 valence electrons. The van der Waals surface area contributed by atoms with Crippen molar-refractivity contribution >= 4 is 33.4 Å². The molecule has 0 aliphatic heterocycles. The van der Waals surface area contributed by atoms with Crippen LogP contribution in [0.4, 0.5) is 5.69 Å². The molecule has 6 nitrogen and oxygen atoms in total. The number of amides is 2. The van der Waals surface area contributed by atoms with E-state index >= 15 is 0 Å². The van der Waals surface area contributed by atoms with Crippen molar-refractivity contribution in [3.63, 3.8) is 0 Å². The second kappa shape index (κ2) is 8.39. The fraction of sp³-hybridized carbons (Fsp3) is 0.190. The van der Waals surface area contributed by atoms with E-state index in [0.717, 1.165) is 27.1 Å². The minimum atomic E-state index is -0.161. The van der Waals surface area contributed by atoms with Gasteiger partial charge in [0.05, 0.1) is 21.5 Å². The number of halogens is 1. The highest BCUT2D eigenvalue weighted by Gasteiger charge is 2.11. The van der Waals surface area contributed by atoms with Crippen LogP contribution in [0.1, 0.15) is 34.2 Å². The third kappa shape index (κ3) is 4.48. The summed E-state index contributed by atoms with van der Waals surface area (Å²) in [4.78, 5) is 23.6. The zero-order valence-corrected chi connectivity index (χ0v) is 17.5. The van der Waals surface area contributed by atoms with E-state index in [1.54, 1.807) is 12.1 Å². The van der Waals surface area contributed by atoms with Crippen molar-refractivity contribution in [3.8, 4) is 5.69 Å². The maximum Gasteiger partial charge on any atom is 0.251 e. The van der Waals surface area contributed by atoms with E-state index < -0.39 is 0 Å². The van der Waals surface area contributed by atoms with Crippen LogP contribution >= 0.6 is 15.9 Å². The molecule has 1 heterocycles. The van der Waals surface area contributed by atoms with Gasteiger partial charge in [-0.15, -0.1) is 0 Å². The molecule has 0 fully saturated rings. The number of nitrogens with one attached hydrogen (secondary N) is 2. The van der Waals surface area contributed by atoms with E-state index in [4.69, 9.17) is 0 Å². The average molecular weight is 441 g/mol. The summed E-state index contributed by atoms with van der Waals surface area (Å²) in [6, 6.07) is 14.7. The molecular formula is C21H21BrN4O2. The maximum atomic E-state index is 12.4. The maximum absolute atomic E-state index is 12.4. The Labute approximate surface area is 172 Å². The molecule has 0 aliphatic rings. The Morgan fingerprint density at radius 2 is 1.82 bits per heavy atom. The molecule has 0 aliphatic carbocycles. The van der Waals surface area contributed by atoms with Gasteiger partial charge >= 0.3 is 0 Å². The number of benzene rings is 2. The topological polar surface area (TPSA) is 76.0 Å². The number of aryl methyl sites for hydroxylation is 1. The second-order valence-corrected chi connectivity index (χ2v) is 7.30. The Balaban J connectivity index is 1.67. The molecule has 1 aromatic heterocycles. The van der Waals surface area contributed by atoms with Gasteiger partial charge in [0, 0.05) is 24.7 Å². The standard InChI is InChI=1S/C21H21BrN4O2/c1-13-20(22)14(2)26(25-13)19-9-7-17(8-10-19)21(28)23-12-16-5-4-6-18(11-16)24-15(3)27/h4-11H,12H2,1-3H3,(H,23,28)(H,24,27). The summed E-state index contributed by atoms with van der Waals surface area (Å²) in [5, 5.41) is 10.1. The molecule has 0 unspecified atom stereocenters. The Bertz CT molecular complexity index is 1030. The fourth-order valence-electron chi connectivity index (χ4n) is 2.88. The summed E-state index contributed by atoms with van der Waals surface area (Å²) in [7, 11) is 0. The number of anilines is 1. The van der Waals surface area contributed by atoms with Gasteiger partial charge in [0.15, 0.2) is 0 Å². The fourth-order valence-corrected chi connectivity index (χ4v) is 3.12. The van der Waals surface area contributed by atoms with Crippen LogP contribution in [0.25, 0.3) is 5.69 Å². The van der Waals surface area contributed by atoms with Gasteiger partial charge in [-0.2, -0.15) is 5.10 Å². The molecule has 0 bridgehead atoms. The first kappa shape index (κ1) is 19.8. The van der Waals surface area contributed by atoms with Crippen molar-refractivity contribution < 1.29 is 9.59 Å². The van der Waals surface area contributed by atoms with Crippen LogP contribution in [-0.2, 0) is 11.3 Å². The second-order valence-electron chi connectivity index (χ2n) is 6.51. The Morgan fingerprint density at radius 3 is 2.43 bits per heavy atom. The highest BCUT2D eigenvalue weighted by Crippen LogP contribution is 2.23. The van der Waals surface area contributed by atoms with Gasteiger partial charge in [-0.05, 0) is 71.7 Å². The first-order chi connectivity index (χ1) is 13.3. The van der Waals surface area contributed by atoms with Gasteiger partial charge in [0.2, 0.25) is 5.91 Å². The lowest BCUT2D eigenvalue weighted by atomic mass is 10.1. The molecule has 0 saturated carbocycles. The van der Waals surface area contributed by atoms with Crippen molar-refractivity contribution in [3.05, 3.63) is 75.5 Å². The van der Waals surface area contributed by atoms with Gasteiger partial charge in [-0.1, -0.05) is 12.1 Å². The minimum Gasteiger partial charge on any atom is -0.348 e. The van der Waals surface area contributed by atoms with E-state index in [1.807, 2.05) is 54.9 Å². The van der Waals surface area contributed by atoms with Gasteiger partial charge in [0.25, 0.3) is 5.91 Å². The quantitative estimate of drug-likeness (QED) is 0.625. The molecule has 2 N–H and O–H groups in total. The van der Waals surface area contributed by atoms with Gasteiger partial charge in [0.1, 0.15) is 0 Å². The van der Waals surface area contributed by atoms with E-state index in [1.165, 1.54) is 6.92 Å². The molecule has 0 atom stereocenters. The lowest BCUT2D eigenvalue weighted by Gasteiger charge is -2.09. The largest absolute Gasteiger partial charge is 0.348 e. The van der Waals surface area contributed by atoms with Crippen LogP contribution in [-0.4, -0.2) is 21.6 Å². The van der Waals surface area contributed by atoms with E-state index in [2.05, 4.69) is 31.7 Å². The van der Waals surface area contributed by atoms with Crippen molar-refractivity contribution in [2.75, 3.05) is 5.32 Å². The van der Waals surface area contributed by atoms with Crippen molar-refractivity contribution in [2.45, 2.75) is 27.3 Å². The molecule has 3 rings (SSSR count). The molecule has 0 radical (unpaired) electrons. The number of hydrogen-bond acceptors (Lipinski definition) is 3. The van der Waals surface area contributed by atoms with Crippen molar-refractivity contribution in [2.24, 2.45) is 0 Å². The summed E-state index contributed by atoms with van der Waals surface area (Å²) in [6.45, 7) is 5.76. The van der Waals surface area contributed by atoms with Crippen molar-refractivity contribution in [1.29, 1.82) is 0 Å². The number of hydrogen-bond donors (Lipinski definition) is 2. The number of carbonyl (C=O) groups excluding carboxylic acids is 2. The summed E-state index contributed by atoms with van der Waals surface area (Å²) in [5.41, 5.74) is 5.01. The van der Waals surface area contributed by atoms with Crippen LogP contribution < -0.4 is 10.6 Å². The van der Waals surface area contributed by atoms with Crippen LogP contribution in [0.5, 0.6) is 0 Å². The monoisotopic (exact) mass is 440 g/mol. The van der Waals surface area contributed by atoms with E-state index in [9.17, 15) is 9.59 Å². The minimum absolute atomic E-state index is 0.129. The molecule has 7 heteroatoms. The van der Waals surface area contributed by atoms with Gasteiger partial charge in [-0.25, -0.2) is 4.68 Å². The lowest BCUT2D eigenvalue weighted by Crippen LogP contribution is -2.22. The summed E-state index contributed by atoms with van der Waals surface area (Å²) in [5.74, 6) is -0.290. The zero-order valence-electron chi connectivity index (χ0n) is 15.9. The number of carbonyl (C=O) groups is 2. The van der Waals surface area contributed by atoms with E-state index in [0.29, 0.717) is 17.8 Å². The number of aromatic nitrogens is 2. The van der Waals surface area contributed by atoms with Crippen molar-refractivity contribution in [1.82, 2.24) is 15.1 Å². The molecule has 3 aromatic rings. The Morgan fingerprint density at radius 1 is 1.11 bits per heavy atom. The third-order valence-electron chi connectivity index (χ3n) is 4.28. The molecular weight excluding hydrogens is 420 g/mol. The summed E-state index contributed by atoms with van der Waals surface area (Å²) >= 11 is 3.53. The molecule has 2 aromatic carbocycles. The average Bonchev–Trinajstić information content (AvgIpc) is 2.93. The SMILES string of the molecule is CC(=O)Nc1cccc(CNC(=O)c2ccc(-n3nc(C)c(Br)c3C)cc2)c1. The van der Waals surface area contributed by atoms with Crippen LogP contribution in [0.15, 0.2) is 53.0 Å². The van der Waals surface area contributed by atoms with Crippen LogP contribution in [0.3, 0.4) is 0 Å². The van der Waals surface area contributed by atoms with E-state index in [-0.39, 0.29) is 11.8 Å². The third-order valence-corrected chi connectivity index (χ3v) is 5.43. The number of rotatable bonds is 5. The molecule has 0 spiro atoms. The summed E-state index contributed by atoms with van der Waals surface area (Å²) < 4.78 is 2.82. The first-order valence-corrected chi connectivity index (χ1v) is 9.61. The molecule has 0 saturated heterocycles. The summed E-state index contributed by atoms with van der Waals surface area (Å²) in [6.07, 6.45) is 0. The molecule has 28 heavy (non-hydrogen) atoms. The predicted octanol–water partition coefficient (Wildman–Crippen LogP) is 4.14. The predicted molar refractivity (Wildman–Crippen MR) is 113 cm³/mol. The first-order valence-electron chi connectivity index (χ1n) is 8.82. The smallest absolute Gasteiger partial charge is 0.251 e. The highest BCUT2D eigenvalue weighted by molar-refractivity contribution is 9.10. The molecule has 2 amide bonds. The lowest BCUT2D eigenvalue weighted by molar-refractivity contribution is -0.114. The van der Waals surface area contributed by atoms with Crippen LogP contribution in [0, 0.1) is 13.8 Å². The van der Waals surface area contributed by atoms with Gasteiger partial charge in [-0.3, -0.25) is 9.59 Å². The van der Waals surface area contributed by atoms with Gasteiger partial charge < -0.3 is 10.6 Å². The van der Waals surface area contributed by atoms with Crippen LogP contribution in [0.2, 0.25) is 0 Å². The Kier molecular flexibility index (Phi) is 5.94.